The second kappa shape index (κ2) is 5.47. The van der Waals surface area contributed by atoms with Crippen LogP contribution in [0, 0.1) is 6.92 Å². The summed E-state index contributed by atoms with van der Waals surface area (Å²) in [5.41, 5.74) is 3.35. The van der Waals surface area contributed by atoms with Gasteiger partial charge in [0.2, 0.25) is 0 Å². The molecule has 0 saturated carbocycles. The molecule has 20 heavy (non-hydrogen) atoms. The monoisotopic (exact) mass is 266 g/mol. The highest BCUT2D eigenvalue weighted by atomic mass is 16.3. The Balaban J connectivity index is 1.73. The first-order valence-electron chi connectivity index (χ1n) is 6.85. The van der Waals surface area contributed by atoms with E-state index in [1.807, 2.05) is 25.1 Å². The van der Waals surface area contributed by atoms with Crippen molar-refractivity contribution in [3.8, 4) is 0 Å². The Morgan fingerprint density at radius 3 is 2.90 bits per heavy atom. The number of aryl methyl sites for hydroxylation is 1. The SMILES string of the molecule is Cc1ccc2cc(CNC(C)c3ccco3)ccc2n1. The standard InChI is InChI=1S/C17H18N2O/c1-12-5-7-15-10-14(6-8-16(15)19-12)11-18-13(2)17-4-3-9-20-17/h3-10,13,18H,11H2,1-2H3. The lowest BCUT2D eigenvalue weighted by Crippen LogP contribution is -2.17. The zero-order valence-electron chi connectivity index (χ0n) is 11.8. The third-order valence-corrected chi connectivity index (χ3v) is 3.48. The van der Waals surface area contributed by atoms with Crippen LogP contribution in [0.5, 0.6) is 0 Å². The number of hydrogen-bond acceptors (Lipinski definition) is 3. The summed E-state index contributed by atoms with van der Waals surface area (Å²) < 4.78 is 5.39. The molecule has 0 bridgehead atoms. The summed E-state index contributed by atoms with van der Waals surface area (Å²) in [4.78, 5) is 4.52. The lowest BCUT2D eigenvalue weighted by Gasteiger charge is -2.11. The van der Waals surface area contributed by atoms with Gasteiger partial charge < -0.3 is 9.73 Å². The van der Waals surface area contributed by atoms with E-state index in [1.54, 1.807) is 6.26 Å². The number of rotatable bonds is 4. The number of fused-ring (bicyclic) bond motifs is 1. The molecule has 3 aromatic rings. The molecule has 2 heterocycles. The zero-order chi connectivity index (χ0) is 13.9. The number of nitrogens with zero attached hydrogens (tertiary/aromatic N) is 1. The lowest BCUT2D eigenvalue weighted by atomic mass is 10.1. The van der Waals surface area contributed by atoms with Crippen LogP contribution in [-0.4, -0.2) is 4.98 Å². The van der Waals surface area contributed by atoms with Gasteiger partial charge in [-0.15, -0.1) is 0 Å². The Hall–Kier alpha value is -2.13. The van der Waals surface area contributed by atoms with Crippen molar-refractivity contribution in [3.63, 3.8) is 0 Å². The Bertz CT molecular complexity index is 704. The summed E-state index contributed by atoms with van der Waals surface area (Å²) >= 11 is 0. The first kappa shape index (κ1) is 12.9. The normalized spacial score (nSPS) is 12.7. The van der Waals surface area contributed by atoms with E-state index in [0.717, 1.165) is 23.5 Å². The van der Waals surface area contributed by atoms with Crippen LogP contribution >= 0.6 is 0 Å². The average Bonchev–Trinajstić information content (AvgIpc) is 2.99. The van der Waals surface area contributed by atoms with Gasteiger partial charge in [0, 0.05) is 17.6 Å². The first-order valence-corrected chi connectivity index (χ1v) is 6.85. The summed E-state index contributed by atoms with van der Waals surface area (Å²) in [5, 5.41) is 4.64. The highest BCUT2D eigenvalue weighted by Crippen LogP contribution is 2.17. The third-order valence-electron chi connectivity index (χ3n) is 3.48. The van der Waals surface area contributed by atoms with Crippen LogP contribution in [0.2, 0.25) is 0 Å². The van der Waals surface area contributed by atoms with E-state index >= 15 is 0 Å². The maximum Gasteiger partial charge on any atom is 0.120 e. The van der Waals surface area contributed by atoms with Gasteiger partial charge in [-0.2, -0.15) is 0 Å². The van der Waals surface area contributed by atoms with Gasteiger partial charge in [-0.1, -0.05) is 12.1 Å². The molecule has 0 radical (unpaired) electrons. The summed E-state index contributed by atoms with van der Waals surface area (Å²) in [6.07, 6.45) is 1.71. The van der Waals surface area contributed by atoms with E-state index in [0.29, 0.717) is 0 Å². The molecule has 0 aliphatic carbocycles. The smallest absolute Gasteiger partial charge is 0.120 e. The molecule has 3 nitrogen and oxygen atoms in total. The fourth-order valence-corrected chi connectivity index (χ4v) is 2.30. The molecule has 0 aliphatic heterocycles. The maximum atomic E-state index is 5.39. The van der Waals surface area contributed by atoms with Gasteiger partial charge in [-0.3, -0.25) is 4.98 Å². The summed E-state index contributed by atoms with van der Waals surface area (Å²) in [5.74, 6) is 0.961. The Kier molecular flexibility index (Phi) is 3.52. The van der Waals surface area contributed by atoms with Crippen molar-refractivity contribution in [3.05, 3.63) is 65.7 Å². The van der Waals surface area contributed by atoms with Crippen LogP contribution < -0.4 is 5.32 Å². The predicted molar refractivity (Wildman–Crippen MR) is 80.4 cm³/mol. The van der Waals surface area contributed by atoms with Gasteiger partial charge in [-0.25, -0.2) is 0 Å². The molecule has 1 aromatic carbocycles. The van der Waals surface area contributed by atoms with Crippen molar-refractivity contribution in [2.24, 2.45) is 0 Å². The van der Waals surface area contributed by atoms with Gasteiger partial charge in [0.25, 0.3) is 0 Å². The van der Waals surface area contributed by atoms with Gasteiger partial charge in [0.15, 0.2) is 0 Å². The van der Waals surface area contributed by atoms with Gasteiger partial charge >= 0.3 is 0 Å². The van der Waals surface area contributed by atoms with Crippen LogP contribution in [0.4, 0.5) is 0 Å². The molecule has 0 spiro atoms. The topological polar surface area (TPSA) is 38.1 Å². The van der Waals surface area contributed by atoms with Crippen LogP contribution in [0.1, 0.15) is 30.0 Å². The molecule has 3 heteroatoms. The van der Waals surface area contributed by atoms with Crippen molar-refractivity contribution < 1.29 is 4.42 Å². The van der Waals surface area contributed by atoms with Crippen molar-refractivity contribution >= 4 is 10.9 Å². The van der Waals surface area contributed by atoms with Crippen molar-refractivity contribution in [1.82, 2.24) is 10.3 Å². The number of nitrogens with one attached hydrogen (secondary N) is 1. The average molecular weight is 266 g/mol. The largest absolute Gasteiger partial charge is 0.468 e. The fourth-order valence-electron chi connectivity index (χ4n) is 2.30. The van der Waals surface area contributed by atoms with Crippen molar-refractivity contribution in [1.29, 1.82) is 0 Å². The predicted octanol–water partition coefficient (Wildman–Crippen LogP) is 3.99. The highest BCUT2D eigenvalue weighted by Gasteiger charge is 2.07. The number of pyridine rings is 1. The first-order chi connectivity index (χ1) is 9.72. The Labute approximate surface area is 118 Å². The number of furan rings is 1. The minimum absolute atomic E-state index is 0.205. The summed E-state index contributed by atoms with van der Waals surface area (Å²) in [7, 11) is 0. The fraction of sp³-hybridized carbons (Fsp3) is 0.235. The zero-order valence-corrected chi connectivity index (χ0v) is 11.8. The van der Waals surface area contributed by atoms with Crippen molar-refractivity contribution in [2.45, 2.75) is 26.4 Å². The highest BCUT2D eigenvalue weighted by molar-refractivity contribution is 5.79. The number of benzene rings is 1. The number of aromatic nitrogens is 1. The molecule has 102 valence electrons. The third kappa shape index (κ3) is 2.73. The molecular formula is C17H18N2O. The molecule has 0 fully saturated rings. The van der Waals surface area contributed by atoms with E-state index in [9.17, 15) is 0 Å². The van der Waals surface area contributed by atoms with Crippen LogP contribution in [0.15, 0.2) is 53.1 Å². The Morgan fingerprint density at radius 1 is 1.20 bits per heavy atom. The van der Waals surface area contributed by atoms with E-state index in [4.69, 9.17) is 4.42 Å². The van der Waals surface area contributed by atoms with Crippen LogP contribution in [-0.2, 0) is 6.54 Å². The quantitative estimate of drug-likeness (QED) is 0.776. The second-order valence-corrected chi connectivity index (χ2v) is 5.10. The van der Waals surface area contributed by atoms with Gasteiger partial charge in [-0.05, 0) is 49.7 Å². The maximum absolute atomic E-state index is 5.39. The van der Waals surface area contributed by atoms with Gasteiger partial charge in [0.05, 0.1) is 17.8 Å². The van der Waals surface area contributed by atoms with E-state index in [2.05, 4.69) is 41.5 Å². The minimum Gasteiger partial charge on any atom is -0.468 e. The summed E-state index contributed by atoms with van der Waals surface area (Å²) in [6, 6.07) is 14.7. The van der Waals surface area contributed by atoms with Crippen LogP contribution in [0.25, 0.3) is 10.9 Å². The molecule has 1 atom stereocenters. The molecule has 3 rings (SSSR count). The summed E-state index contributed by atoms with van der Waals surface area (Å²) in [6.45, 7) is 4.93. The molecule has 0 amide bonds. The van der Waals surface area contributed by atoms with E-state index in [1.165, 1.54) is 10.9 Å². The van der Waals surface area contributed by atoms with E-state index in [-0.39, 0.29) is 6.04 Å². The molecule has 0 aliphatic rings. The molecular weight excluding hydrogens is 248 g/mol. The molecule has 1 unspecified atom stereocenters. The Morgan fingerprint density at radius 2 is 2.10 bits per heavy atom. The molecule has 2 aromatic heterocycles. The van der Waals surface area contributed by atoms with Crippen LogP contribution in [0.3, 0.4) is 0 Å². The lowest BCUT2D eigenvalue weighted by molar-refractivity contribution is 0.430. The van der Waals surface area contributed by atoms with E-state index < -0.39 is 0 Å². The molecule has 1 N–H and O–H groups in total. The number of hydrogen-bond donors (Lipinski definition) is 1. The minimum atomic E-state index is 0.205. The second-order valence-electron chi connectivity index (χ2n) is 5.10. The van der Waals surface area contributed by atoms with Gasteiger partial charge in [0.1, 0.15) is 5.76 Å². The van der Waals surface area contributed by atoms with Crippen molar-refractivity contribution in [2.75, 3.05) is 0 Å². The molecule has 0 saturated heterocycles.